The minimum atomic E-state index is -0.307. The van der Waals surface area contributed by atoms with Gasteiger partial charge in [-0.3, -0.25) is 14.9 Å². The van der Waals surface area contributed by atoms with Crippen molar-refractivity contribution in [2.45, 2.75) is 53.4 Å². The van der Waals surface area contributed by atoms with E-state index < -0.39 is 0 Å². The first kappa shape index (κ1) is 18.7. The van der Waals surface area contributed by atoms with Crippen LogP contribution in [0, 0.1) is 12.3 Å². The number of amides is 1. The zero-order valence-electron chi connectivity index (χ0n) is 16.5. The minimum Gasteiger partial charge on any atom is -0.336 e. The second-order valence-corrected chi connectivity index (χ2v) is 9.39. The van der Waals surface area contributed by atoms with Crippen LogP contribution in [-0.4, -0.2) is 26.8 Å². The summed E-state index contributed by atoms with van der Waals surface area (Å²) >= 11 is 1.24. The van der Waals surface area contributed by atoms with Gasteiger partial charge >= 0.3 is 0 Å². The second-order valence-electron chi connectivity index (χ2n) is 8.39. The molecule has 1 amide bonds. The van der Waals surface area contributed by atoms with E-state index in [0.29, 0.717) is 38.8 Å². The lowest BCUT2D eigenvalue weighted by atomic mass is 9.78. The molecule has 0 saturated carbocycles. The summed E-state index contributed by atoms with van der Waals surface area (Å²) in [5, 5.41) is 7.84. The highest BCUT2D eigenvalue weighted by Crippen LogP contribution is 2.38. The SMILES string of the molecule is Cc1noc2nc(C(C)C)cc(C(=O)Nc3nc4c(s3)C(=O)CC(C)(C)C4)c12. The van der Waals surface area contributed by atoms with Gasteiger partial charge in [0.05, 0.1) is 27.2 Å². The van der Waals surface area contributed by atoms with Crippen molar-refractivity contribution >= 4 is 39.3 Å². The summed E-state index contributed by atoms with van der Waals surface area (Å²) < 4.78 is 5.29. The molecule has 0 aromatic carbocycles. The number of nitrogens with zero attached hydrogens (tertiary/aromatic N) is 3. The first-order chi connectivity index (χ1) is 13.1. The number of rotatable bonds is 3. The highest BCUT2D eigenvalue weighted by molar-refractivity contribution is 7.17. The Morgan fingerprint density at radius 2 is 2.04 bits per heavy atom. The molecule has 1 aliphatic rings. The third kappa shape index (κ3) is 3.22. The number of ketones is 1. The number of pyridine rings is 1. The van der Waals surface area contributed by atoms with Gasteiger partial charge in [0.15, 0.2) is 10.9 Å². The maximum atomic E-state index is 13.0. The fraction of sp³-hybridized carbons (Fsp3) is 0.450. The molecule has 3 aromatic rings. The predicted octanol–water partition coefficient (Wildman–Crippen LogP) is 4.52. The first-order valence-corrected chi connectivity index (χ1v) is 10.1. The molecule has 0 bridgehead atoms. The van der Waals surface area contributed by atoms with E-state index in [1.165, 1.54) is 11.3 Å². The van der Waals surface area contributed by atoms with Gasteiger partial charge < -0.3 is 4.52 Å². The van der Waals surface area contributed by atoms with Crippen LogP contribution in [0.4, 0.5) is 5.13 Å². The Labute approximate surface area is 166 Å². The maximum Gasteiger partial charge on any atom is 0.259 e. The molecule has 0 radical (unpaired) electrons. The standard InChI is InChI=1S/C20H22N4O3S/c1-9(2)12-6-11(15-10(3)24-27-18(15)21-12)17(26)23-19-22-13-7-20(4,5)8-14(25)16(13)28-19/h6,9H,7-8H2,1-5H3,(H,22,23,26). The van der Waals surface area contributed by atoms with Crippen molar-refractivity contribution in [2.24, 2.45) is 5.41 Å². The summed E-state index contributed by atoms with van der Waals surface area (Å²) in [7, 11) is 0. The van der Waals surface area contributed by atoms with E-state index in [4.69, 9.17) is 4.52 Å². The zero-order valence-corrected chi connectivity index (χ0v) is 17.4. The number of carbonyl (C=O) groups is 2. The molecule has 0 unspecified atom stereocenters. The molecule has 0 atom stereocenters. The van der Waals surface area contributed by atoms with Crippen LogP contribution in [0.3, 0.4) is 0 Å². The largest absolute Gasteiger partial charge is 0.336 e. The van der Waals surface area contributed by atoms with Crippen molar-refractivity contribution in [3.05, 3.63) is 33.6 Å². The molecular weight excluding hydrogens is 376 g/mol. The van der Waals surface area contributed by atoms with Crippen molar-refractivity contribution < 1.29 is 14.1 Å². The molecule has 146 valence electrons. The van der Waals surface area contributed by atoms with Crippen molar-refractivity contribution in [1.82, 2.24) is 15.1 Å². The summed E-state index contributed by atoms with van der Waals surface area (Å²) in [6, 6.07) is 1.77. The molecule has 0 spiro atoms. The molecule has 3 heterocycles. The zero-order chi connectivity index (χ0) is 20.2. The molecule has 4 rings (SSSR count). The van der Waals surface area contributed by atoms with Crippen LogP contribution in [0.25, 0.3) is 11.1 Å². The van der Waals surface area contributed by atoms with Crippen LogP contribution in [0.15, 0.2) is 10.6 Å². The van der Waals surface area contributed by atoms with Crippen LogP contribution in [-0.2, 0) is 6.42 Å². The van der Waals surface area contributed by atoms with Crippen LogP contribution in [0.5, 0.6) is 0 Å². The number of Topliss-reactive ketones (excluding diaryl/α,β-unsaturated/α-hetero) is 1. The molecule has 0 saturated heterocycles. The Morgan fingerprint density at radius 3 is 2.75 bits per heavy atom. The number of anilines is 1. The fourth-order valence-electron chi connectivity index (χ4n) is 3.53. The number of aryl methyl sites for hydroxylation is 1. The molecule has 28 heavy (non-hydrogen) atoms. The van der Waals surface area contributed by atoms with Crippen molar-refractivity contribution in [3.8, 4) is 0 Å². The third-order valence-electron chi connectivity index (χ3n) is 4.93. The third-order valence-corrected chi connectivity index (χ3v) is 5.98. The molecule has 1 aliphatic carbocycles. The minimum absolute atomic E-state index is 0.0903. The number of fused-ring (bicyclic) bond motifs is 2. The number of aromatic nitrogens is 3. The van der Waals surface area contributed by atoms with Gasteiger partial charge in [0.2, 0.25) is 0 Å². The lowest BCUT2D eigenvalue weighted by Gasteiger charge is -2.26. The highest BCUT2D eigenvalue weighted by Gasteiger charge is 2.34. The van der Waals surface area contributed by atoms with E-state index >= 15 is 0 Å². The molecule has 0 fully saturated rings. The topological polar surface area (TPSA) is 98.0 Å². The molecule has 8 heteroatoms. The van der Waals surface area contributed by atoms with Gasteiger partial charge in [0.1, 0.15) is 0 Å². The Hall–Kier alpha value is -2.61. The summed E-state index contributed by atoms with van der Waals surface area (Å²) in [5.74, 6) is -0.0840. The monoisotopic (exact) mass is 398 g/mol. The molecule has 3 aromatic heterocycles. The summed E-state index contributed by atoms with van der Waals surface area (Å²) in [4.78, 5) is 35.1. The average molecular weight is 398 g/mol. The van der Waals surface area contributed by atoms with Gasteiger partial charge in [0, 0.05) is 12.1 Å². The van der Waals surface area contributed by atoms with Gasteiger partial charge in [-0.15, -0.1) is 0 Å². The number of hydrogen-bond donors (Lipinski definition) is 1. The van der Waals surface area contributed by atoms with Gasteiger partial charge in [-0.1, -0.05) is 44.2 Å². The smallest absolute Gasteiger partial charge is 0.259 e. The maximum absolute atomic E-state index is 13.0. The lowest BCUT2D eigenvalue weighted by Crippen LogP contribution is -2.26. The Morgan fingerprint density at radius 1 is 1.29 bits per heavy atom. The van der Waals surface area contributed by atoms with E-state index in [1.54, 1.807) is 13.0 Å². The van der Waals surface area contributed by atoms with Gasteiger partial charge in [-0.05, 0) is 30.7 Å². The quantitative estimate of drug-likeness (QED) is 0.696. The van der Waals surface area contributed by atoms with Crippen molar-refractivity contribution in [3.63, 3.8) is 0 Å². The summed E-state index contributed by atoms with van der Waals surface area (Å²) in [5.41, 5.74) is 2.83. The molecule has 0 aliphatic heterocycles. The Kier molecular flexibility index (Phi) is 4.33. The van der Waals surface area contributed by atoms with E-state index in [9.17, 15) is 9.59 Å². The van der Waals surface area contributed by atoms with Gasteiger partial charge in [-0.2, -0.15) is 0 Å². The Bertz CT molecular complexity index is 1110. The average Bonchev–Trinajstić information content (AvgIpc) is 3.16. The van der Waals surface area contributed by atoms with E-state index in [0.717, 1.165) is 17.8 Å². The predicted molar refractivity (Wildman–Crippen MR) is 107 cm³/mol. The summed E-state index contributed by atoms with van der Waals surface area (Å²) in [6.07, 6.45) is 1.22. The van der Waals surface area contributed by atoms with E-state index in [2.05, 4.69) is 34.3 Å². The van der Waals surface area contributed by atoms with E-state index in [-0.39, 0.29) is 23.0 Å². The molecule has 1 N–H and O–H groups in total. The summed E-state index contributed by atoms with van der Waals surface area (Å²) in [6.45, 7) is 9.90. The highest BCUT2D eigenvalue weighted by atomic mass is 32.1. The second kappa shape index (κ2) is 6.48. The van der Waals surface area contributed by atoms with Crippen LogP contribution < -0.4 is 5.32 Å². The van der Waals surface area contributed by atoms with Crippen LogP contribution >= 0.6 is 11.3 Å². The molecule has 7 nitrogen and oxygen atoms in total. The Balaban J connectivity index is 1.70. The van der Waals surface area contributed by atoms with Gasteiger partial charge in [0.25, 0.3) is 11.6 Å². The first-order valence-electron chi connectivity index (χ1n) is 9.26. The van der Waals surface area contributed by atoms with Crippen molar-refractivity contribution in [2.75, 3.05) is 5.32 Å². The number of carbonyl (C=O) groups excluding carboxylic acids is 2. The van der Waals surface area contributed by atoms with Crippen LogP contribution in [0.1, 0.15) is 77.1 Å². The van der Waals surface area contributed by atoms with E-state index in [1.807, 2.05) is 13.8 Å². The van der Waals surface area contributed by atoms with Crippen LogP contribution in [0.2, 0.25) is 0 Å². The normalized spacial score (nSPS) is 15.9. The lowest BCUT2D eigenvalue weighted by molar-refractivity contribution is 0.0915. The number of nitrogens with one attached hydrogen (secondary N) is 1. The number of hydrogen-bond acceptors (Lipinski definition) is 7. The fourth-order valence-corrected chi connectivity index (χ4v) is 4.44. The molecular formula is C20H22N4O3S. The van der Waals surface area contributed by atoms with Crippen molar-refractivity contribution in [1.29, 1.82) is 0 Å². The number of thiazole rings is 1. The van der Waals surface area contributed by atoms with Gasteiger partial charge in [-0.25, -0.2) is 9.97 Å².